The van der Waals surface area contributed by atoms with Gasteiger partial charge in [-0.05, 0) is 42.7 Å². The topological polar surface area (TPSA) is 20.2 Å². The molecule has 1 aromatic rings. The van der Waals surface area contributed by atoms with Gasteiger partial charge >= 0.3 is 0 Å². The molecule has 2 unspecified atom stereocenters. The van der Waals surface area contributed by atoms with Crippen molar-refractivity contribution in [3.63, 3.8) is 0 Å². The number of aliphatic hydroxyl groups is 1. The molecule has 1 nitrogen and oxygen atoms in total. The molecule has 1 fully saturated rings. The third kappa shape index (κ3) is 2.40. The Morgan fingerprint density at radius 2 is 1.88 bits per heavy atom. The zero-order valence-corrected chi connectivity index (χ0v) is 11.2. The third-order valence-corrected chi connectivity index (χ3v) is 4.64. The largest absolute Gasteiger partial charge is 0.385 e. The maximum atomic E-state index is 10.6. The molecule has 1 aliphatic rings. The normalized spacial score (nSPS) is 21.6. The highest BCUT2D eigenvalue weighted by atomic mass is 16.3. The van der Waals surface area contributed by atoms with Gasteiger partial charge in [0.25, 0.3) is 0 Å². The van der Waals surface area contributed by atoms with Crippen LogP contribution in [0.15, 0.2) is 24.3 Å². The van der Waals surface area contributed by atoms with E-state index in [1.807, 2.05) is 6.92 Å². The van der Waals surface area contributed by atoms with Gasteiger partial charge in [-0.1, -0.05) is 51.0 Å². The molecule has 1 saturated carbocycles. The Balaban J connectivity index is 2.16. The lowest BCUT2D eigenvalue weighted by atomic mass is 9.78. The second-order valence-electron chi connectivity index (χ2n) is 5.71. The predicted octanol–water partition coefficient (Wildman–Crippen LogP) is 4.21. The number of hydrogen-bond acceptors (Lipinski definition) is 1. The summed E-state index contributed by atoms with van der Waals surface area (Å²) in [6.07, 6.45) is 5.04. The molecule has 0 bridgehead atoms. The monoisotopic (exact) mass is 232 g/mol. The summed E-state index contributed by atoms with van der Waals surface area (Å²) in [6, 6.07) is 8.63. The Morgan fingerprint density at radius 1 is 1.29 bits per heavy atom. The van der Waals surface area contributed by atoms with Crippen molar-refractivity contribution in [1.82, 2.24) is 0 Å². The summed E-state index contributed by atoms with van der Waals surface area (Å²) < 4.78 is 0. The SMILES string of the molecule is CCC(C)C(C)(O)c1ccc(C2CCC2)cc1. The fraction of sp³-hybridized carbons (Fsp3) is 0.625. The minimum atomic E-state index is -0.701. The van der Waals surface area contributed by atoms with Gasteiger partial charge in [0.15, 0.2) is 0 Å². The van der Waals surface area contributed by atoms with Gasteiger partial charge in [0.2, 0.25) is 0 Å². The molecule has 0 amide bonds. The molecule has 0 heterocycles. The maximum absolute atomic E-state index is 10.6. The van der Waals surface area contributed by atoms with Crippen molar-refractivity contribution in [3.05, 3.63) is 35.4 Å². The minimum absolute atomic E-state index is 0.289. The summed E-state index contributed by atoms with van der Waals surface area (Å²) >= 11 is 0. The standard InChI is InChI=1S/C16H24O/c1-4-12(2)16(3,17)15-10-8-14(9-11-15)13-6-5-7-13/h8-13,17H,4-7H2,1-3H3. The van der Waals surface area contributed by atoms with E-state index in [1.54, 1.807) is 0 Å². The summed E-state index contributed by atoms with van der Waals surface area (Å²) in [6.45, 7) is 6.17. The van der Waals surface area contributed by atoms with Crippen molar-refractivity contribution < 1.29 is 5.11 Å². The summed E-state index contributed by atoms with van der Waals surface area (Å²) in [4.78, 5) is 0. The Morgan fingerprint density at radius 3 is 2.29 bits per heavy atom. The van der Waals surface area contributed by atoms with Crippen LogP contribution in [0.25, 0.3) is 0 Å². The number of rotatable bonds is 4. The van der Waals surface area contributed by atoms with Gasteiger partial charge in [-0.25, -0.2) is 0 Å². The smallest absolute Gasteiger partial charge is 0.0893 e. The fourth-order valence-corrected chi connectivity index (χ4v) is 2.52. The molecule has 0 spiro atoms. The molecule has 0 saturated heterocycles. The Hall–Kier alpha value is -0.820. The molecule has 1 heteroatoms. The number of hydrogen-bond donors (Lipinski definition) is 1. The zero-order valence-electron chi connectivity index (χ0n) is 11.2. The molecule has 1 aliphatic carbocycles. The van der Waals surface area contributed by atoms with E-state index in [2.05, 4.69) is 38.1 Å². The van der Waals surface area contributed by atoms with Crippen LogP contribution in [0.2, 0.25) is 0 Å². The Labute approximate surface area is 105 Å². The van der Waals surface area contributed by atoms with Crippen LogP contribution >= 0.6 is 0 Å². The van der Waals surface area contributed by atoms with E-state index in [4.69, 9.17) is 0 Å². The average Bonchev–Trinajstić information content (AvgIpc) is 2.26. The molecule has 1 N–H and O–H groups in total. The van der Waals surface area contributed by atoms with Crippen molar-refractivity contribution >= 4 is 0 Å². The maximum Gasteiger partial charge on any atom is 0.0893 e. The van der Waals surface area contributed by atoms with Crippen LogP contribution in [0, 0.1) is 5.92 Å². The minimum Gasteiger partial charge on any atom is -0.385 e. The fourth-order valence-electron chi connectivity index (χ4n) is 2.52. The molecule has 0 aromatic heterocycles. The van der Waals surface area contributed by atoms with Crippen molar-refractivity contribution in [2.24, 2.45) is 5.92 Å². The Bertz CT molecular complexity index is 360. The predicted molar refractivity (Wildman–Crippen MR) is 72.1 cm³/mol. The first-order chi connectivity index (χ1) is 8.05. The average molecular weight is 232 g/mol. The summed E-state index contributed by atoms with van der Waals surface area (Å²) in [5, 5.41) is 10.6. The lowest BCUT2D eigenvalue weighted by molar-refractivity contribution is -0.00000353. The van der Waals surface area contributed by atoms with E-state index in [9.17, 15) is 5.11 Å². The van der Waals surface area contributed by atoms with Crippen LogP contribution in [0.1, 0.15) is 63.5 Å². The highest BCUT2D eigenvalue weighted by Crippen LogP contribution is 2.38. The first-order valence-electron chi connectivity index (χ1n) is 6.88. The molecule has 94 valence electrons. The van der Waals surface area contributed by atoms with Gasteiger partial charge < -0.3 is 5.11 Å². The van der Waals surface area contributed by atoms with Gasteiger partial charge in [-0.2, -0.15) is 0 Å². The lowest BCUT2D eigenvalue weighted by Crippen LogP contribution is -2.29. The van der Waals surface area contributed by atoms with Gasteiger partial charge in [0.05, 0.1) is 5.60 Å². The molecular weight excluding hydrogens is 208 g/mol. The van der Waals surface area contributed by atoms with E-state index in [-0.39, 0.29) is 5.92 Å². The number of benzene rings is 1. The second kappa shape index (κ2) is 4.81. The molecule has 1 aromatic carbocycles. The van der Waals surface area contributed by atoms with Gasteiger partial charge in [0.1, 0.15) is 0 Å². The molecule has 2 atom stereocenters. The molecule has 17 heavy (non-hydrogen) atoms. The van der Waals surface area contributed by atoms with Crippen LogP contribution in [0.4, 0.5) is 0 Å². The quantitative estimate of drug-likeness (QED) is 0.824. The summed E-state index contributed by atoms with van der Waals surface area (Å²) in [5.41, 5.74) is 1.79. The second-order valence-corrected chi connectivity index (χ2v) is 5.71. The van der Waals surface area contributed by atoms with Crippen LogP contribution in [-0.2, 0) is 5.60 Å². The highest BCUT2D eigenvalue weighted by molar-refractivity contribution is 5.30. The zero-order chi connectivity index (χ0) is 12.5. The molecular formula is C16H24O. The van der Waals surface area contributed by atoms with Gasteiger partial charge in [-0.15, -0.1) is 0 Å². The van der Waals surface area contributed by atoms with E-state index in [0.29, 0.717) is 0 Å². The van der Waals surface area contributed by atoms with Crippen molar-refractivity contribution in [2.45, 2.75) is 58.0 Å². The molecule has 2 rings (SSSR count). The molecule has 0 radical (unpaired) electrons. The van der Waals surface area contributed by atoms with Crippen LogP contribution < -0.4 is 0 Å². The Kier molecular flexibility index (Phi) is 3.58. The summed E-state index contributed by atoms with van der Waals surface area (Å²) in [5.74, 6) is 1.06. The molecule has 0 aliphatic heterocycles. The first kappa shape index (κ1) is 12.6. The lowest BCUT2D eigenvalue weighted by Gasteiger charge is -2.31. The summed E-state index contributed by atoms with van der Waals surface area (Å²) in [7, 11) is 0. The first-order valence-corrected chi connectivity index (χ1v) is 6.88. The van der Waals surface area contributed by atoms with E-state index < -0.39 is 5.60 Å². The van der Waals surface area contributed by atoms with E-state index in [1.165, 1.54) is 24.8 Å². The van der Waals surface area contributed by atoms with Crippen LogP contribution in [0.3, 0.4) is 0 Å². The van der Waals surface area contributed by atoms with Crippen LogP contribution in [0.5, 0.6) is 0 Å². The van der Waals surface area contributed by atoms with Crippen molar-refractivity contribution in [1.29, 1.82) is 0 Å². The van der Waals surface area contributed by atoms with Crippen molar-refractivity contribution in [2.75, 3.05) is 0 Å². The van der Waals surface area contributed by atoms with Gasteiger partial charge in [-0.3, -0.25) is 0 Å². The highest BCUT2D eigenvalue weighted by Gasteiger charge is 2.29. The van der Waals surface area contributed by atoms with Crippen LogP contribution in [-0.4, -0.2) is 5.11 Å². The van der Waals surface area contributed by atoms with Gasteiger partial charge in [0, 0.05) is 0 Å². The third-order valence-electron chi connectivity index (χ3n) is 4.64. The van der Waals surface area contributed by atoms with E-state index in [0.717, 1.165) is 17.9 Å². The van der Waals surface area contributed by atoms with E-state index >= 15 is 0 Å². The van der Waals surface area contributed by atoms with Crippen molar-refractivity contribution in [3.8, 4) is 0 Å².